The number of fused-ring (bicyclic) bond motifs is 1. The molecule has 7 nitrogen and oxygen atoms in total. The molecule has 5 rings (SSSR count). The molecule has 1 fully saturated rings. The summed E-state index contributed by atoms with van der Waals surface area (Å²) in [7, 11) is 2.11. The second-order valence-corrected chi connectivity index (χ2v) is 10.2. The maximum atomic E-state index is 13.2. The lowest BCUT2D eigenvalue weighted by Crippen LogP contribution is -2.50. The Balaban J connectivity index is 1.40. The molecule has 0 bridgehead atoms. The predicted octanol–water partition coefficient (Wildman–Crippen LogP) is 5.50. The zero-order valence-corrected chi connectivity index (χ0v) is 22.8. The van der Waals surface area contributed by atoms with E-state index in [0.717, 1.165) is 37.6 Å². The third kappa shape index (κ3) is 5.76. The van der Waals surface area contributed by atoms with Crippen LogP contribution in [0.25, 0.3) is 5.65 Å². The van der Waals surface area contributed by atoms with Crippen molar-refractivity contribution >= 4 is 34.7 Å². The summed E-state index contributed by atoms with van der Waals surface area (Å²) < 4.78 is 41.2. The van der Waals surface area contributed by atoms with E-state index in [2.05, 4.69) is 45.9 Å². The largest absolute Gasteiger partial charge is 0.416 e. The number of halogens is 4. The number of nitrogens with zero attached hydrogens (tertiary/aromatic N) is 5. The number of aromatic nitrogens is 3. The lowest BCUT2D eigenvalue weighted by atomic mass is 10.0. The molecule has 3 heterocycles. The molecule has 0 spiro atoms. The Kier molecular flexibility index (Phi) is 7.45. The molecule has 1 aliphatic heterocycles. The predicted molar refractivity (Wildman–Crippen MR) is 149 cm³/mol. The molecule has 0 saturated carbocycles. The van der Waals surface area contributed by atoms with Crippen molar-refractivity contribution < 1.29 is 18.0 Å². The molecule has 0 aliphatic carbocycles. The maximum absolute atomic E-state index is 13.2. The Morgan fingerprint density at radius 2 is 1.93 bits per heavy atom. The fourth-order valence-corrected chi connectivity index (χ4v) is 4.78. The summed E-state index contributed by atoms with van der Waals surface area (Å²) in [5, 5.41) is 7.16. The van der Waals surface area contributed by atoms with Gasteiger partial charge in [0, 0.05) is 47.5 Å². The Hall–Kier alpha value is -4.07. The van der Waals surface area contributed by atoms with E-state index in [9.17, 15) is 18.0 Å². The quantitative estimate of drug-likeness (QED) is 0.332. The number of carbonyl (C=O) groups excluding carboxylic acids is 1. The van der Waals surface area contributed by atoms with Crippen molar-refractivity contribution in [1.82, 2.24) is 19.5 Å². The number of hydrogen-bond acceptors (Lipinski definition) is 5. The third-order valence-corrected chi connectivity index (χ3v) is 7.24. The van der Waals surface area contributed by atoms with Crippen LogP contribution in [0.5, 0.6) is 0 Å². The smallest absolute Gasteiger partial charge is 0.352 e. The van der Waals surface area contributed by atoms with Gasteiger partial charge < -0.3 is 15.1 Å². The average molecular weight is 567 g/mol. The highest BCUT2D eigenvalue weighted by atomic mass is 35.5. The van der Waals surface area contributed by atoms with E-state index >= 15 is 0 Å². The summed E-state index contributed by atoms with van der Waals surface area (Å²) in [6, 6.07) is 12.2. The number of rotatable bonds is 3. The van der Waals surface area contributed by atoms with Gasteiger partial charge in [-0.15, -0.1) is 5.10 Å². The topological polar surface area (TPSA) is 65.8 Å². The number of nitrogens with one attached hydrogen (secondary N) is 1. The average Bonchev–Trinajstić information content (AvgIpc) is 3.31. The number of imidazole rings is 1. The van der Waals surface area contributed by atoms with Gasteiger partial charge in [-0.3, -0.25) is 4.79 Å². The van der Waals surface area contributed by atoms with Crippen LogP contribution >= 0.6 is 11.6 Å². The van der Waals surface area contributed by atoms with E-state index in [4.69, 9.17) is 16.7 Å². The summed E-state index contributed by atoms with van der Waals surface area (Å²) >= 11 is 5.85. The van der Waals surface area contributed by atoms with Crippen molar-refractivity contribution in [1.29, 1.82) is 0 Å². The van der Waals surface area contributed by atoms with Gasteiger partial charge in [-0.25, -0.2) is 9.50 Å². The second-order valence-electron chi connectivity index (χ2n) is 9.79. The van der Waals surface area contributed by atoms with Gasteiger partial charge in [-0.2, -0.15) is 13.2 Å². The number of hydrogen-bond donors (Lipinski definition) is 1. The van der Waals surface area contributed by atoms with Crippen LogP contribution in [0.1, 0.15) is 39.7 Å². The molecule has 11 heteroatoms. The number of amides is 1. The van der Waals surface area contributed by atoms with Gasteiger partial charge >= 0.3 is 6.18 Å². The van der Waals surface area contributed by atoms with Crippen molar-refractivity contribution in [2.75, 3.05) is 36.9 Å². The summed E-state index contributed by atoms with van der Waals surface area (Å²) in [6.07, 6.45) is -2.94. The van der Waals surface area contributed by atoms with E-state index in [1.807, 2.05) is 12.1 Å². The monoisotopic (exact) mass is 566 g/mol. The molecule has 1 aliphatic rings. The minimum absolute atomic E-state index is 0.0527. The van der Waals surface area contributed by atoms with Crippen LogP contribution in [0.15, 0.2) is 54.7 Å². The molecule has 1 saturated heterocycles. The number of carbonyl (C=O) groups is 1. The molecule has 2 aromatic heterocycles. The molecule has 40 heavy (non-hydrogen) atoms. The molecule has 2 aromatic carbocycles. The van der Waals surface area contributed by atoms with Gasteiger partial charge in [0.1, 0.15) is 11.5 Å². The minimum Gasteiger partial charge on any atom is -0.352 e. The maximum Gasteiger partial charge on any atom is 0.416 e. The summed E-state index contributed by atoms with van der Waals surface area (Å²) in [5.41, 5.74) is 1.71. The van der Waals surface area contributed by atoms with Crippen molar-refractivity contribution in [2.24, 2.45) is 0 Å². The SMILES string of the molecule is Cc1c(C#Cc2cnc3ccc(N4CCN(C)[C@H](C)C4)nn23)cccc1C(=O)Nc1cc(Cl)cc(C(F)(F)F)c1. The first-order valence-electron chi connectivity index (χ1n) is 12.6. The van der Waals surface area contributed by atoms with Crippen LogP contribution in [0, 0.1) is 18.8 Å². The summed E-state index contributed by atoms with van der Waals surface area (Å²) in [5.74, 6) is 6.48. The molecular formula is C29H26ClF3N6O. The van der Waals surface area contributed by atoms with E-state index in [1.54, 1.807) is 35.8 Å². The van der Waals surface area contributed by atoms with Gasteiger partial charge in [0.15, 0.2) is 5.65 Å². The van der Waals surface area contributed by atoms with Crippen LogP contribution in [-0.2, 0) is 6.18 Å². The van der Waals surface area contributed by atoms with E-state index in [1.165, 1.54) is 6.07 Å². The Morgan fingerprint density at radius 3 is 2.67 bits per heavy atom. The van der Waals surface area contributed by atoms with E-state index in [-0.39, 0.29) is 16.3 Å². The number of benzene rings is 2. The normalized spacial score (nSPS) is 16.1. The lowest BCUT2D eigenvalue weighted by molar-refractivity contribution is -0.137. The van der Waals surface area contributed by atoms with Gasteiger partial charge in [-0.05, 0) is 74.8 Å². The highest BCUT2D eigenvalue weighted by Crippen LogP contribution is 2.33. The molecule has 4 aromatic rings. The van der Waals surface area contributed by atoms with Crippen LogP contribution < -0.4 is 10.2 Å². The molecule has 1 atom stereocenters. The Bertz CT molecular complexity index is 1660. The van der Waals surface area contributed by atoms with Gasteiger partial charge in [0.25, 0.3) is 5.91 Å². The first kappa shape index (κ1) is 27.5. The molecule has 1 N–H and O–H groups in total. The second kappa shape index (κ2) is 10.8. The van der Waals surface area contributed by atoms with Gasteiger partial charge in [0.05, 0.1) is 11.8 Å². The fraction of sp³-hybridized carbons (Fsp3) is 0.276. The Morgan fingerprint density at radius 1 is 1.12 bits per heavy atom. The molecule has 206 valence electrons. The molecular weight excluding hydrogens is 541 g/mol. The van der Waals surface area contributed by atoms with Crippen molar-refractivity contribution in [3.63, 3.8) is 0 Å². The number of likely N-dealkylation sites (N-methyl/N-ethyl adjacent to an activating group) is 1. The standard InChI is InChI=1S/C29H26ClF3N6O/c1-18-17-38(12-11-37(18)3)27-10-9-26-34-16-24(39(26)36-27)8-7-20-5-4-6-25(19(20)2)28(40)35-23-14-21(29(31,32)33)13-22(30)15-23/h4-6,9-10,13-16,18H,11-12,17H2,1-3H3,(H,35,40)/t18-/m1/s1. The van der Waals surface area contributed by atoms with Crippen molar-refractivity contribution in [2.45, 2.75) is 26.1 Å². The summed E-state index contributed by atoms with van der Waals surface area (Å²) in [6.45, 7) is 6.60. The van der Waals surface area contributed by atoms with Crippen LogP contribution in [0.3, 0.4) is 0 Å². The number of piperazine rings is 1. The van der Waals surface area contributed by atoms with Gasteiger partial charge in [-0.1, -0.05) is 23.6 Å². The molecule has 0 radical (unpaired) electrons. The van der Waals surface area contributed by atoms with Crippen molar-refractivity contribution in [3.8, 4) is 11.8 Å². The van der Waals surface area contributed by atoms with Crippen LogP contribution in [0.2, 0.25) is 5.02 Å². The zero-order valence-electron chi connectivity index (χ0n) is 22.1. The highest BCUT2D eigenvalue weighted by molar-refractivity contribution is 6.31. The molecule has 1 amide bonds. The minimum atomic E-state index is -4.59. The zero-order chi connectivity index (χ0) is 28.6. The van der Waals surface area contributed by atoms with Crippen LogP contribution in [0.4, 0.5) is 24.7 Å². The van der Waals surface area contributed by atoms with Crippen molar-refractivity contribution in [3.05, 3.63) is 87.7 Å². The number of anilines is 2. The highest BCUT2D eigenvalue weighted by Gasteiger charge is 2.31. The lowest BCUT2D eigenvalue weighted by Gasteiger charge is -2.38. The number of alkyl halides is 3. The van der Waals surface area contributed by atoms with Gasteiger partial charge in [0.2, 0.25) is 0 Å². The Labute approximate surface area is 234 Å². The first-order valence-corrected chi connectivity index (χ1v) is 13.0. The van der Waals surface area contributed by atoms with E-state index < -0.39 is 17.6 Å². The fourth-order valence-electron chi connectivity index (χ4n) is 4.55. The third-order valence-electron chi connectivity index (χ3n) is 7.02. The summed E-state index contributed by atoms with van der Waals surface area (Å²) in [4.78, 5) is 21.9. The first-order chi connectivity index (χ1) is 19.0. The van der Waals surface area contributed by atoms with E-state index in [0.29, 0.717) is 28.5 Å². The van der Waals surface area contributed by atoms with Crippen LogP contribution in [-0.4, -0.2) is 58.1 Å². The molecule has 0 unspecified atom stereocenters.